The lowest BCUT2D eigenvalue weighted by Crippen LogP contribution is -2.21. The minimum atomic E-state index is -0.335. The molecule has 0 unspecified atom stereocenters. The molecule has 0 aliphatic carbocycles. The van der Waals surface area contributed by atoms with Crippen LogP contribution in [0.5, 0.6) is 11.5 Å². The van der Waals surface area contributed by atoms with Crippen molar-refractivity contribution >= 4 is 0 Å². The number of aliphatic hydroxyl groups is 1. The summed E-state index contributed by atoms with van der Waals surface area (Å²) in [6.45, 7) is 4.22. The van der Waals surface area contributed by atoms with Gasteiger partial charge in [-0.15, -0.1) is 0 Å². The number of rotatable bonds is 6. The average Bonchev–Trinajstić information content (AvgIpc) is 3.13. The number of likely N-dealkylation sites (tertiary alicyclic amines) is 1. The van der Waals surface area contributed by atoms with Crippen LogP contribution in [-0.4, -0.2) is 53.6 Å². The van der Waals surface area contributed by atoms with E-state index in [1.54, 1.807) is 14.2 Å². The van der Waals surface area contributed by atoms with Gasteiger partial charge in [-0.3, -0.25) is 10.00 Å². The van der Waals surface area contributed by atoms with Gasteiger partial charge in [0.25, 0.3) is 0 Å². The average molecular weight is 331 g/mol. The molecule has 2 aromatic rings. The number of aromatic nitrogens is 2. The second-order valence-corrected chi connectivity index (χ2v) is 6.42. The van der Waals surface area contributed by atoms with E-state index < -0.39 is 0 Å². The highest BCUT2D eigenvalue weighted by Gasteiger charge is 2.32. The maximum Gasteiger partial charge on any atom is 0.165 e. The third-order valence-corrected chi connectivity index (χ3v) is 4.59. The fourth-order valence-electron chi connectivity index (χ4n) is 3.44. The van der Waals surface area contributed by atoms with Crippen LogP contribution in [0.4, 0.5) is 0 Å². The molecule has 24 heavy (non-hydrogen) atoms. The summed E-state index contributed by atoms with van der Waals surface area (Å²) in [7, 11) is 3.30. The van der Waals surface area contributed by atoms with Crippen LogP contribution in [0, 0.1) is 12.8 Å². The fourth-order valence-corrected chi connectivity index (χ4v) is 3.44. The van der Waals surface area contributed by atoms with Crippen molar-refractivity contribution in [1.82, 2.24) is 15.1 Å². The van der Waals surface area contributed by atoms with Gasteiger partial charge in [-0.2, -0.15) is 5.10 Å². The Morgan fingerprint density at radius 2 is 2.12 bits per heavy atom. The molecule has 0 radical (unpaired) electrons. The van der Waals surface area contributed by atoms with Gasteiger partial charge in [0.15, 0.2) is 11.5 Å². The number of ether oxygens (including phenoxy) is 2. The number of aromatic amines is 1. The molecule has 0 spiro atoms. The van der Waals surface area contributed by atoms with Crippen LogP contribution in [0.15, 0.2) is 24.3 Å². The molecule has 0 saturated carbocycles. The smallest absolute Gasteiger partial charge is 0.165 e. The first-order chi connectivity index (χ1) is 11.6. The third kappa shape index (κ3) is 3.55. The number of hydrogen-bond acceptors (Lipinski definition) is 5. The van der Waals surface area contributed by atoms with Crippen LogP contribution in [0.3, 0.4) is 0 Å². The Hall–Kier alpha value is -2.05. The molecule has 3 rings (SSSR count). The van der Waals surface area contributed by atoms with Gasteiger partial charge in [-0.05, 0) is 25.5 Å². The molecule has 1 saturated heterocycles. The minimum absolute atomic E-state index is 0.198. The van der Waals surface area contributed by atoms with E-state index in [2.05, 4.69) is 15.1 Å². The lowest BCUT2D eigenvalue weighted by Gasteiger charge is -2.18. The largest absolute Gasteiger partial charge is 0.493 e. The second kappa shape index (κ2) is 7.23. The third-order valence-electron chi connectivity index (χ3n) is 4.59. The first-order valence-electron chi connectivity index (χ1n) is 8.22. The molecular weight excluding hydrogens is 306 g/mol. The topological polar surface area (TPSA) is 70.6 Å². The predicted octanol–water partition coefficient (Wildman–Crippen LogP) is 1.77. The first kappa shape index (κ1) is 16.8. The predicted molar refractivity (Wildman–Crippen MR) is 91.3 cm³/mol. The van der Waals surface area contributed by atoms with Gasteiger partial charge in [0.05, 0.1) is 26.0 Å². The molecule has 1 aliphatic heterocycles. The molecule has 0 bridgehead atoms. The molecule has 130 valence electrons. The number of β-amino-alcohol motifs (C(OH)–C–C–N with tert-alkyl or cyclic N) is 1. The summed E-state index contributed by atoms with van der Waals surface area (Å²) in [5, 5.41) is 17.6. The number of H-pyrrole nitrogens is 1. The SMILES string of the molecule is COc1cccc(CN2C[C@@H](Cc3cc(C)[nH]n3)[C@H](O)C2)c1OC. The molecule has 2 heterocycles. The van der Waals surface area contributed by atoms with Gasteiger partial charge >= 0.3 is 0 Å². The van der Waals surface area contributed by atoms with Crippen molar-refractivity contribution in [3.63, 3.8) is 0 Å². The number of hydrogen-bond donors (Lipinski definition) is 2. The van der Waals surface area contributed by atoms with E-state index in [1.165, 1.54) is 0 Å². The highest BCUT2D eigenvalue weighted by molar-refractivity contribution is 5.46. The summed E-state index contributed by atoms with van der Waals surface area (Å²) in [4.78, 5) is 2.26. The Morgan fingerprint density at radius 3 is 2.79 bits per heavy atom. The molecule has 6 heteroatoms. The zero-order chi connectivity index (χ0) is 17.1. The molecule has 6 nitrogen and oxygen atoms in total. The zero-order valence-electron chi connectivity index (χ0n) is 14.5. The van der Waals surface area contributed by atoms with Crippen LogP contribution in [0.2, 0.25) is 0 Å². The number of nitrogens with one attached hydrogen (secondary N) is 1. The highest BCUT2D eigenvalue weighted by Crippen LogP contribution is 2.33. The van der Waals surface area contributed by atoms with Crippen molar-refractivity contribution < 1.29 is 14.6 Å². The van der Waals surface area contributed by atoms with Gasteiger partial charge in [0, 0.05) is 36.8 Å². The zero-order valence-corrected chi connectivity index (χ0v) is 14.5. The summed E-state index contributed by atoms with van der Waals surface area (Å²) in [5.74, 6) is 1.70. The molecular formula is C18H25N3O3. The summed E-state index contributed by atoms with van der Waals surface area (Å²) >= 11 is 0. The lowest BCUT2D eigenvalue weighted by molar-refractivity contribution is 0.140. The Kier molecular flexibility index (Phi) is 5.06. The van der Waals surface area contributed by atoms with Crippen molar-refractivity contribution in [3.8, 4) is 11.5 Å². The van der Waals surface area contributed by atoms with E-state index in [4.69, 9.17) is 9.47 Å². The van der Waals surface area contributed by atoms with Crippen molar-refractivity contribution in [3.05, 3.63) is 41.2 Å². The van der Waals surface area contributed by atoms with E-state index in [0.29, 0.717) is 6.54 Å². The maximum atomic E-state index is 10.4. The van der Waals surface area contributed by atoms with Crippen LogP contribution >= 0.6 is 0 Å². The monoisotopic (exact) mass is 331 g/mol. The first-order valence-corrected chi connectivity index (χ1v) is 8.22. The quantitative estimate of drug-likeness (QED) is 0.844. The summed E-state index contributed by atoms with van der Waals surface area (Å²) in [6.07, 6.45) is 0.454. The number of para-hydroxylation sites is 1. The Balaban J connectivity index is 1.67. The van der Waals surface area contributed by atoms with Crippen LogP contribution in [0.1, 0.15) is 17.0 Å². The molecule has 1 fully saturated rings. The maximum absolute atomic E-state index is 10.4. The van der Waals surface area contributed by atoms with Crippen LogP contribution in [-0.2, 0) is 13.0 Å². The number of aryl methyl sites for hydroxylation is 1. The molecule has 1 aromatic heterocycles. The van der Waals surface area contributed by atoms with E-state index in [1.807, 2.05) is 31.2 Å². The summed E-state index contributed by atoms with van der Waals surface area (Å²) < 4.78 is 10.9. The van der Waals surface area contributed by atoms with E-state index >= 15 is 0 Å². The minimum Gasteiger partial charge on any atom is -0.493 e. The van der Waals surface area contributed by atoms with Crippen molar-refractivity contribution in [2.45, 2.75) is 26.0 Å². The van der Waals surface area contributed by atoms with Gasteiger partial charge in [-0.25, -0.2) is 0 Å². The van der Waals surface area contributed by atoms with E-state index in [-0.39, 0.29) is 12.0 Å². The van der Waals surface area contributed by atoms with Crippen molar-refractivity contribution in [1.29, 1.82) is 0 Å². The van der Waals surface area contributed by atoms with Gasteiger partial charge in [-0.1, -0.05) is 12.1 Å². The number of benzene rings is 1. The highest BCUT2D eigenvalue weighted by atomic mass is 16.5. The molecule has 1 aromatic carbocycles. The fraction of sp³-hybridized carbons (Fsp3) is 0.500. The Bertz CT molecular complexity index is 686. The van der Waals surface area contributed by atoms with Gasteiger partial charge < -0.3 is 14.6 Å². The van der Waals surface area contributed by atoms with Gasteiger partial charge in [0.1, 0.15) is 0 Å². The van der Waals surface area contributed by atoms with E-state index in [0.717, 1.165) is 48.0 Å². The Labute approximate surface area is 142 Å². The Morgan fingerprint density at radius 1 is 1.29 bits per heavy atom. The molecule has 2 atom stereocenters. The molecule has 2 N–H and O–H groups in total. The summed E-state index contributed by atoms with van der Waals surface area (Å²) in [6, 6.07) is 7.94. The summed E-state index contributed by atoms with van der Waals surface area (Å²) in [5.41, 5.74) is 3.13. The molecule has 0 amide bonds. The lowest BCUT2D eigenvalue weighted by atomic mass is 10.0. The van der Waals surface area contributed by atoms with Crippen LogP contribution < -0.4 is 9.47 Å². The van der Waals surface area contributed by atoms with Crippen molar-refractivity contribution in [2.75, 3.05) is 27.3 Å². The second-order valence-electron chi connectivity index (χ2n) is 6.42. The van der Waals surface area contributed by atoms with Crippen LogP contribution in [0.25, 0.3) is 0 Å². The number of methoxy groups -OCH3 is 2. The number of aliphatic hydroxyl groups excluding tert-OH is 1. The standard InChI is InChI=1S/C18H25N3O3/c1-12-7-15(20-19-12)8-14-10-21(11-16(14)22)9-13-5-4-6-17(23-2)18(13)24-3/h4-7,14,16,22H,8-11H2,1-3H3,(H,19,20)/t14-,16-/m1/s1. The number of nitrogens with zero attached hydrogens (tertiary/aromatic N) is 2. The molecule has 1 aliphatic rings. The normalized spacial score (nSPS) is 21.2. The van der Waals surface area contributed by atoms with Gasteiger partial charge in [0.2, 0.25) is 0 Å². The van der Waals surface area contributed by atoms with E-state index in [9.17, 15) is 5.11 Å². The van der Waals surface area contributed by atoms with Crippen molar-refractivity contribution in [2.24, 2.45) is 5.92 Å².